The van der Waals surface area contributed by atoms with Gasteiger partial charge in [0.25, 0.3) is 0 Å². The van der Waals surface area contributed by atoms with Crippen LogP contribution in [-0.2, 0) is 16.0 Å². The van der Waals surface area contributed by atoms with Crippen LogP contribution in [-0.4, -0.2) is 51.9 Å². The van der Waals surface area contributed by atoms with Gasteiger partial charge in [0, 0.05) is 23.7 Å². The van der Waals surface area contributed by atoms with Crippen LogP contribution in [0.4, 0.5) is 11.4 Å². The minimum absolute atomic E-state index is 0.0165. The van der Waals surface area contributed by atoms with Gasteiger partial charge in [-0.25, -0.2) is 9.79 Å². The average molecular weight is 538 g/mol. The van der Waals surface area contributed by atoms with Crippen molar-refractivity contribution in [2.45, 2.75) is 18.1 Å². The highest BCUT2D eigenvalue weighted by atomic mass is 35.5. The number of aliphatic imine (C=N–C) groups is 1. The molecule has 3 aromatic carbocycles. The van der Waals surface area contributed by atoms with E-state index in [0.717, 1.165) is 5.56 Å². The summed E-state index contributed by atoms with van der Waals surface area (Å²) < 4.78 is 5.20. The Morgan fingerprint density at radius 3 is 2.54 bits per heavy atom. The van der Waals surface area contributed by atoms with E-state index in [1.165, 1.54) is 23.9 Å². The number of thioether (sulfide) groups is 1. The van der Waals surface area contributed by atoms with Gasteiger partial charge < -0.3 is 15.2 Å². The lowest BCUT2D eigenvalue weighted by atomic mass is 10.1. The third-order valence-electron chi connectivity index (χ3n) is 5.64. The number of carboxylic acid groups (broad SMARTS) is 1. The largest absolute Gasteiger partial charge is 0.497 e. The smallest absolute Gasteiger partial charge is 0.335 e. The van der Waals surface area contributed by atoms with E-state index < -0.39 is 17.1 Å². The summed E-state index contributed by atoms with van der Waals surface area (Å²) in [6, 6.07) is 20.5. The Labute approximate surface area is 223 Å². The molecular formula is C27H24ClN3O5S. The second-order valence-electron chi connectivity index (χ2n) is 8.20. The molecule has 0 radical (unpaired) electrons. The molecule has 1 atom stereocenters. The number of nitrogens with one attached hydrogen (secondary N) is 1. The van der Waals surface area contributed by atoms with E-state index >= 15 is 0 Å². The van der Waals surface area contributed by atoms with Gasteiger partial charge in [-0.3, -0.25) is 14.5 Å². The molecule has 190 valence electrons. The van der Waals surface area contributed by atoms with Crippen molar-refractivity contribution in [2.75, 3.05) is 19.0 Å². The lowest BCUT2D eigenvalue weighted by Crippen LogP contribution is -2.46. The number of carbonyl (C=O) groups is 3. The highest BCUT2D eigenvalue weighted by molar-refractivity contribution is 8.15. The summed E-state index contributed by atoms with van der Waals surface area (Å²) in [4.78, 5) is 43.8. The molecule has 10 heteroatoms. The van der Waals surface area contributed by atoms with E-state index in [0.29, 0.717) is 40.3 Å². The molecule has 0 bridgehead atoms. The minimum atomic E-state index is -1.09. The molecule has 2 N–H and O–H groups in total. The number of amides is 2. The molecule has 1 saturated heterocycles. The van der Waals surface area contributed by atoms with Crippen LogP contribution in [0.2, 0.25) is 5.02 Å². The molecule has 2 amide bonds. The molecule has 8 nitrogen and oxygen atoms in total. The van der Waals surface area contributed by atoms with Gasteiger partial charge in [-0.05, 0) is 66.6 Å². The van der Waals surface area contributed by atoms with E-state index in [4.69, 9.17) is 16.3 Å². The van der Waals surface area contributed by atoms with Crippen LogP contribution >= 0.6 is 23.4 Å². The Morgan fingerprint density at radius 2 is 1.86 bits per heavy atom. The third kappa shape index (κ3) is 6.90. The summed E-state index contributed by atoms with van der Waals surface area (Å²) in [7, 11) is 1.57. The maximum absolute atomic E-state index is 13.2. The zero-order valence-electron chi connectivity index (χ0n) is 19.9. The number of ether oxygens (including phenoxy) is 1. The van der Waals surface area contributed by atoms with Crippen LogP contribution in [0.5, 0.6) is 5.75 Å². The molecule has 4 rings (SSSR count). The Kier molecular flexibility index (Phi) is 8.47. The predicted molar refractivity (Wildman–Crippen MR) is 145 cm³/mol. The molecular weight excluding hydrogens is 514 g/mol. The molecule has 0 aromatic heterocycles. The summed E-state index contributed by atoms with van der Waals surface area (Å²) in [5, 5.41) is 12.3. The minimum Gasteiger partial charge on any atom is -0.497 e. The molecule has 37 heavy (non-hydrogen) atoms. The van der Waals surface area contributed by atoms with E-state index in [9.17, 15) is 19.5 Å². The molecule has 0 aliphatic carbocycles. The molecule has 0 spiro atoms. The number of amidine groups is 1. The highest BCUT2D eigenvalue weighted by Crippen LogP contribution is 2.31. The number of hydrogen-bond acceptors (Lipinski definition) is 6. The first kappa shape index (κ1) is 26.2. The quantitative estimate of drug-likeness (QED) is 0.406. The van der Waals surface area contributed by atoms with Crippen molar-refractivity contribution in [1.29, 1.82) is 0 Å². The second kappa shape index (κ2) is 11.9. The van der Waals surface area contributed by atoms with Crippen molar-refractivity contribution in [3.63, 3.8) is 0 Å². The van der Waals surface area contributed by atoms with Gasteiger partial charge in [0.05, 0.1) is 18.4 Å². The molecule has 1 unspecified atom stereocenters. The summed E-state index contributed by atoms with van der Waals surface area (Å²) in [6.07, 6.45) is 0.571. The van der Waals surface area contributed by atoms with Crippen molar-refractivity contribution in [3.05, 3.63) is 88.9 Å². The lowest BCUT2D eigenvalue weighted by Gasteiger charge is -2.32. The zero-order chi connectivity index (χ0) is 26.4. The zero-order valence-corrected chi connectivity index (χ0v) is 21.5. The van der Waals surface area contributed by atoms with Crippen LogP contribution in [0, 0.1) is 0 Å². The van der Waals surface area contributed by atoms with Crippen molar-refractivity contribution in [3.8, 4) is 5.75 Å². The number of halogens is 1. The first-order valence-electron chi connectivity index (χ1n) is 11.4. The average Bonchev–Trinajstić information content (AvgIpc) is 2.89. The first-order chi connectivity index (χ1) is 17.8. The van der Waals surface area contributed by atoms with E-state index in [1.807, 2.05) is 12.1 Å². The van der Waals surface area contributed by atoms with Crippen LogP contribution in [0.15, 0.2) is 77.8 Å². The van der Waals surface area contributed by atoms with Crippen molar-refractivity contribution >= 4 is 57.7 Å². The van der Waals surface area contributed by atoms with Crippen molar-refractivity contribution < 1.29 is 24.2 Å². The topological polar surface area (TPSA) is 108 Å². The third-order valence-corrected chi connectivity index (χ3v) is 7.08. The van der Waals surface area contributed by atoms with Crippen LogP contribution < -0.4 is 10.1 Å². The van der Waals surface area contributed by atoms with Crippen LogP contribution in [0.25, 0.3) is 0 Å². The molecule has 0 saturated carbocycles. The normalized spacial score (nSPS) is 16.5. The molecule has 1 heterocycles. The maximum atomic E-state index is 13.2. The SMILES string of the molecule is COc1ccc(N=C2SC(C(=O)Nc3cccc(C(=O)O)c3)CC(=O)N2CCc2ccc(Cl)cc2)cc1. The Morgan fingerprint density at radius 1 is 1.14 bits per heavy atom. The van der Waals surface area contributed by atoms with Gasteiger partial charge in [0.1, 0.15) is 11.0 Å². The number of carbonyl (C=O) groups excluding carboxylic acids is 2. The summed E-state index contributed by atoms with van der Waals surface area (Å²) in [5.41, 5.74) is 2.03. The number of methoxy groups -OCH3 is 1. The maximum Gasteiger partial charge on any atom is 0.335 e. The number of nitrogens with zero attached hydrogens (tertiary/aromatic N) is 2. The fourth-order valence-corrected chi connectivity index (χ4v) is 4.92. The number of aromatic carboxylic acids is 1. The van der Waals surface area contributed by atoms with Crippen molar-refractivity contribution in [1.82, 2.24) is 4.90 Å². The van der Waals surface area contributed by atoms with E-state index in [1.54, 1.807) is 60.5 Å². The highest BCUT2D eigenvalue weighted by Gasteiger charge is 2.35. The number of hydrogen-bond donors (Lipinski definition) is 2. The van der Waals surface area contributed by atoms with E-state index in [-0.39, 0.29) is 17.9 Å². The summed E-state index contributed by atoms with van der Waals surface area (Å²) in [6.45, 7) is 0.386. The van der Waals surface area contributed by atoms with Gasteiger partial charge in [-0.2, -0.15) is 0 Å². The molecule has 1 aliphatic heterocycles. The Hall–Kier alpha value is -3.82. The van der Waals surface area contributed by atoms with Gasteiger partial charge >= 0.3 is 5.97 Å². The predicted octanol–water partition coefficient (Wildman–Crippen LogP) is 5.25. The van der Waals surface area contributed by atoms with Crippen LogP contribution in [0.3, 0.4) is 0 Å². The Balaban J connectivity index is 1.55. The second-order valence-corrected chi connectivity index (χ2v) is 9.81. The number of benzene rings is 3. The number of rotatable bonds is 8. The number of carboxylic acids is 1. The number of anilines is 1. The van der Waals surface area contributed by atoms with Crippen LogP contribution in [0.1, 0.15) is 22.3 Å². The monoisotopic (exact) mass is 537 g/mol. The van der Waals surface area contributed by atoms with Gasteiger partial charge in [0.15, 0.2) is 5.17 Å². The molecule has 3 aromatic rings. The summed E-state index contributed by atoms with van der Waals surface area (Å²) in [5.74, 6) is -1.04. The molecule has 1 aliphatic rings. The summed E-state index contributed by atoms with van der Waals surface area (Å²) >= 11 is 7.18. The first-order valence-corrected chi connectivity index (χ1v) is 12.7. The fraction of sp³-hybridized carbons (Fsp3) is 0.185. The standard InChI is InChI=1S/C27H24ClN3O5S/c1-36-22-11-9-20(10-12-22)30-27-31(14-13-17-5-7-19(28)8-6-17)24(32)16-23(37-27)25(33)29-21-4-2-3-18(15-21)26(34)35/h2-12,15,23H,13-14,16H2,1H3,(H,29,33)(H,34,35). The van der Waals surface area contributed by atoms with Gasteiger partial charge in [-0.1, -0.05) is 41.6 Å². The molecule has 1 fully saturated rings. The van der Waals surface area contributed by atoms with E-state index in [2.05, 4.69) is 10.3 Å². The fourth-order valence-electron chi connectivity index (χ4n) is 3.67. The van der Waals surface area contributed by atoms with Crippen molar-refractivity contribution in [2.24, 2.45) is 4.99 Å². The Bertz CT molecular complexity index is 1330. The van der Waals surface area contributed by atoms with Gasteiger partial charge in [0.2, 0.25) is 11.8 Å². The lowest BCUT2D eigenvalue weighted by molar-refractivity contribution is -0.129. The van der Waals surface area contributed by atoms with Gasteiger partial charge in [-0.15, -0.1) is 0 Å².